The van der Waals surface area contributed by atoms with Crippen molar-refractivity contribution < 1.29 is 9.90 Å². The summed E-state index contributed by atoms with van der Waals surface area (Å²) in [5, 5.41) is 18.8. The average Bonchev–Trinajstić information content (AvgIpc) is 2.91. The Morgan fingerprint density at radius 3 is 2.76 bits per heavy atom. The van der Waals surface area contributed by atoms with Crippen molar-refractivity contribution in [3.05, 3.63) is 63.8 Å². The van der Waals surface area contributed by atoms with Crippen LogP contribution in [0.3, 0.4) is 0 Å². The SMILES string of the molecule is Cc1cscc1CNC(=O)c1ccc2ccccc2c1O. The molecule has 1 amide bonds. The monoisotopic (exact) mass is 297 g/mol. The number of fused-ring (bicyclic) bond motifs is 1. The van der Waals surface area contributed by atoms with Crippen molar-refractivity contribution in [2.75, 3.05) is 0 Å². The second-order valence-electron chi connectivity index (χ2n) is 4.95. The lowest BCUT2D eigenvalue weighted by atomic mass is 10.0. The van der Waals surface area contributed by atoms with E-state index in [0.717, 1.165) is 10.9 Å². The first-order chi connectivity index (χ1) is 10.2. The molecule has 0 spiro atoms. The first-order valence-corrected chi connectivity index (χ1v) is 7.61. The van der Waals surface area contributed by atoms with E-state index in [2.05, 4.69) is 10.7 Å². The molecule has 0 aliphatic carbocycles. The molecule has 21 heavy (non-hydrogen) atoms. The van der Waals surface area contributed by atoms with Gasteiger partial charge in [0.2, 0.25) is 0 Å². The van der Waals surface area contributed by atoms with Crippen molar-refractivity contribution in [1.29, 1.82) is 0 Å². The number of hydrogen-bond donors (Lipinski definition) is 2. The fourth-order valence-electron chi connectivity index (χ4n) is 2.28. The van der Waals surface area contributed by atoms with Crippen LogP contribution in [-0.2, 0) is 6.54 Å². The highest BCUT2D eigenvalue weighted by Gasteiger charge is 2.13. The number of aromatic hydroxyl groups is 1. The predicted octanol–water partition coefficient (Wildman–Crippen LogP) is 3.85. The van der Waals surface area contributed by atoms with Gasteiger partial charge in [-0.25, -0.2) is 0 Å². The Labute approximate surface area is 126 Å². The Morgan fingerprint density at radius 2 is 2.00 bits per heavy atom. The molecule has 0 bridgehead atoms. The first kappa shape index (κ1) is 13.6. The van der Waals surface area contributed by atoms with Gasteiger partial charge in [0.15, 0.2) is 0 Å². The van der Waals surface area contributed by atoms with Gasteiger partial charge in [-0.3, -0.25) is 4.79 Å². The summed E-state index contributed by atoms with van der Waals surface area (Å²) in [5.74, 6) is -0.225. The molecule has 2 aromatic carbocycles. The number of rotatable bonds is 3. The van der Waals surface area contributed by atoms with Crippen LogP contribution in [0.5, 0.6) is 5.75 Å². The van der Waals surface area contributed by atoms with Gasteiger partial charge in [0.05, 0.1) is 5.56 Å². The van der Waals surface area contributed by atoms with Gasteiger partial charge in [-0.1, -0.05) is 30.3 Å². The maximum Gasteiger partial charge on any atom is 0.255 e. The van der Waals surface area contributed by atoms with Crippen LogP contribution in [0.15, 0.2) is 47.2 Å². The van der Waals surface area contributed by atoms with Crippen LogP contribution in [0.4, 0.5) is 0 Å². The highest BCUT2D eigenvalue weighted by atomic mass is 32.1. The smallest absolute Gasteiger partial charge is 0.255 e. The van der Waals surface area contributed by atoms with Crippen molar-refractivity contribution in [1.82, 2.24) is 5.32 Å². The second-order valence-corrected chi connectivity index (χ2v) is 5.69. The molecule has 106 valence electrons. The summed E-state index contributed by atoms with van der Waals surface area (Å²) in [6.45, 7) is 2.49. The summed E-state index contributed by atoms with van der Waals surface area (Å²) in [6, 6.07) is 11.0. The summed E-state index contributed by atoms with van der Waals surface area (Å²) in [5.41, 5.74) is 2.58. The van der Waals surface area contributed by atoms with Gasteiger partial charge in [-0.05, 0) is 40.3 Å². The fourth-order valence-corrected chi connectivity index (χ4v) is 3.13. The summed E-state index contributed by atoms with van der Waals surface area (Å²) in [4.78, 5) is 12.2. The Balaban J connectivity index is 1.85. The average molecular weight is 297 g/mol. The lowest BCUT2D eigenvalue weighted by Gasteiger charge is -2.09. The van der Waals surface area contributed by atoms with E-state index in [0.29, 0.717) is 17.5 Å². The molecule has 0 saturated carbocycles. The van der Waals surface area contributed by atoms with Crippen molar-refractivity contribution in [2.45, 2.75) is 13.5 Å². The van der Waals surface area contributed by atoms with Crippen LogP contribution in [0.2, 0.25) is 0 Å². The van der Waals surface area contributed by atoms with Gasteiger partial charge in [-0.15, -0.1) is 0 Å². The van der Waals surface area contributed by atoms with Crippen LogP contribution in [0.25, 0.3) is 10.8 Å². The van der Waals surface area contributed by atoms with Crippen LogP contribution < -0.4 is 5.32 Å². The van der Waals surface area contributed by atoms with Gasteiger partial charge in [0.25, 0.3) is 5.91 Å². The molecule has 0 aliphatic rings. The van der Waals surface area contributed by atoms with E-state index in [9.17, 15) is 9.90 Å². The fraction of sp³-hybridized carbons (Fsp3) is 0.118. The minimum atomic E-state index is -0.260. The summed E-state index contributed by atoms with van der Waals surface area (Å²) >= 11 is 1.62. The number of carbonyl (C=O) groups excluding carboxylic acids is 1. The second kappa shape index (κ2) is 5.58. The maximum atomic E-state index is 12.2. The number of hydrogen-bond acceptors (Lipinski definition) is 3. The van der Waals surface area contributed by atoms with Crippen LogP contribution in [0, 0.1) is 6.92 Å². The van der Waals surface area contributed by atoms with E-state index in [1.54, 1.807) is 17.4 Å². The third-order valence-electron chi connectivity index (χ3n) is 3.55. The highest BCUT2D eigenvalue weighted by molar-refractivity contribution is 7.08. The standard InChI is InChI=1S/C17H15NO2S/c1-11-9-21-10-13(11)8-18-17(20)15-7-6-12-4-2-3-5-14(12)16(15)19/h2-7,9-10,19H,8H2,1H3,(H,18,20). The van der Waals surface area contributed by atoms with Gasteiger partial charge in [0, 0.05) is 11.9 Å². The topological polar surface area (TPSA) is 49.3 Å². The lowest BCUT2D eigenvalue weighted by molar-refractivity contribution is 0.0948. The van der Waals surface area contributed by atoms with Gasteiger partial charge in [0.1, 0.15) is 5.75 Å². The minimum absolute atomic E-state index is 0.0349. The van der Waals surface area contributed by atoms with Crippen LogP contribution >= 0.6 is 11.3 Å². The molecule has 0 radical (unpaired) electrons. The third kappa shape index (κ3) is 2.62. The van der Waals surface area contributed by atoms with E-state index in [1.807, 2.05) is 42.6 Å². The molecule has 4 heteroatoms. The summed E-state index contributed by atoms with van der Waals surface area (Å²) < 4.78 is 0. The zero-order chi connectivity index (χ0) is 14.8. The molecular weight excluding hydrogens is 282 g/mol. The molecule has 1 heterocycles. The van der Waals surface area contributed by atoms with Gasteiger partial charge >= 0.3 is 0 Å². The predicted molar refractivity (Wildman–Crippen MR) is 85.8 cm³/mol. The van der Waals surface area contributed by atoms with Crippen LogP contribution in [0.1, 0.15) is 21.5 Å². The molecule has 0 atom stereocenters. The van der Waals surface area contributed by atoms with Crippen molar-refractivity contribution in [3.8, 4) is 5.75 Å². The number of carbonyl (C=O) groups is 1. The minimum Gasteiger partial charge on any atom is -0.506 e. The number of thiophene rings is 1. The Kier molecular flexibility index (Phi) is 3.62. The van der Waals surface area contributed by atoms with E-state index in [-0.39, 0.29) is 11.7 Å². The van der Waals surface area contributed by atoms with Crippen molar-refractivity contribution in [2.24, 2.45) is 0 Å². The molecule has 3 aromatic rings. The zero-order valence-electron chi connectivity index (χ0n) is 11.6. The van der Waals surface area contributed by atoms with E-state index >= 15 is 0 Å². The Bertz CT molecular complexity index is 807. The number of amides is 1. The van der Waals surface area contributed by atoms with Crippen LogP contribution in [-0.4, -0.2) is 11.0 Å². The van der Waals surface area contributed by atoms with E-state index in [4.69, 9.17) is 0 Å². The Morgan fingerprint density at radius 1 is 1.19 bits per heavy atom. The molecule has 0 unspecified atom stereocenters. The highest BCUT2D eigenvalue weighted by Crippen LogP contribution is 2.28. The number of nitrogens with one attached hydrogen (secondary N) is 1. The number of benzene rings is 2. The first-order valence-electron chi connectivity index (χ1n) is 6.67. The normalized spacial score (nSPS) is 10.7. The third-order valence-corrected chi connectivity index (χ3v) is 4.46. The van der Waals surface area contributed by atoms with E-state index in [1.165, 1.54) is 5.56 Å². The van der Waals surface area contributed by atoms with E-state index < -0.39 is 0 Å². The molecule has 3 rings (SSSR count). The quantitative estimate of drug-likeness (QED) is 0.771. The van der Waals surface area contributed by atoms with Crippen molar-refractivity contribution in [3.63, 3.8) is 0 Å². The largest absolute Gasteiger partial charge is 0.506 e. The molecule has 0 saturated heterocycles. The maximum absolute atomic E-state index is 12.2. The Hall–Kier alpha value is -2.33. The lowest BCUT2D eigenvalue weighted by Crippen LogP contribution is -2.23. The number of phenols is 1. The number of aryl methyl sites for hydroxylation is 1. The van der Waals surface area contributed by atoms with Gasteiger partial charge in [-0.2, -0.15) is 11.3 Å². The zero-order valence-corrected chi connectivity index (χ0v) is 12.4. The molecule has 2 N–H and O–H groups in total. The van der Waals surface area contributed by atoms with Gasteiger partial charge < -0.3 is 10.4 Å². The summed E-state index contributed by atoms with van der Waals surface area (Å²) in [7, 11) is 0. The molecule has 0 fully saturated rings. The summed E-state index contributed by atoms with van der Waals surface area (Å²) in [6.07, 6.45) is 0. The molecule has 3 nitrogen and oxygen atoms in total. The number of phenolic OH excluding ortho intramolecular Hbond substituents is 1. The molecular formula is C17H15NO2S. The molecule has 1 aromatic heterocycles. The molecule has 0 aliphatic heterocycles. The van der Waals surface area contributed by atoms with Crippen molar-refractivity contribution >= 4 is 28.0 Å².